The molecule has 0 aliphatic heterocycles. The number of hydrogen-bond donors (Lipinski definition) is 2. The topological polar surface area (TPSA) is 125 Å². The van der Waals surface area contributed by atoms with Gasteiger partial charge in [0.15, 0.2) is 0 Å². The molecule has 1 amide bonds. The van der Waals surface area contributed by atoms with E-state index in [1.165, 1.54) is 31.8 Å². The molecule has 0 aromatic carbocycles. The van der Waals surface area contributed by atoms with Gasteiger partial charge in [0.2, 0.25) is 0 Å². The number of ether oxygens (including phenoxy) is 1. The van der Waals surface area contributed by atoms with Crippen molar-refractivity contribution in [3.63, 3.8) is 0 Å². The molecule has 4 aromatic rings. The molecule has 4 rings (SSSR count). The van der Waals surface area contributed by atoms with Crippen LogP contribution in [0.1, 0.15) is 40.1 Å². The van der Waals surface area contributed by atoms with Crippen LogP contribution in [0.15, 0.2) is 43.1 Å². The van der Waals surface area contributed by atoms with Gasteiger partial charge in [-0.25, -0.2) is 4.79 Å². The number of aromatic nitrogens is 2. The number of nitrogens with one attached hydrogen (secondary N) is 1. The molecular weight excluding hydrogens is 648 g/mol. The van der Waals surface area contributed by atoms with Gasteiger partial charge in [0.25, 0.3) is 17.0 Å². The fourth-order valence-corrected chi connectivity index (χ4v) is 6.51. The van der Waals surface area contributed by atoms with Crippen molar-refractivity contribution in [1.82, 2.24) is 14.5 Å². The number of halogens is 2. The predicted molar refractivity (Wildman–Crippen MR) is 158 cm³/mol. The van der Waals surface area contributed by atoms with Crippen LogP contribution in [0.5, 0.6) is 0 Å². The van der Waals surface area contributed by atoms with E-state index in [-0.39, 0.29) is 23.0 Å². The van der Waals surface area contributed by atoms with Crippen molar-refractivity contribution >= 4 is 86.6 Å². The highest BCUT2D eigenvalue weighted by Gasteiger charge is 2.16. The second-order valence-electron chi connectivity index (χ2n) is 7.48. The summed E-state index contributed by atoms with van der Waals surface area (Å²) in [5, 5.41) is 3.84. The molecule has 0 bridgehead atoms. The zero-order valence-electron chi connectivity index (χ0n) is 21.0. The van der Waals surface area contributed by atoms with Crippen LogP contribution >= 0.6 is 54.5 Å². The second-order valence-corrected chi connectivity index (χ2v) is 11.3. The number of fused-ring (bicyclic) bond motifs is 2. The van der Waals surface area contributed by atoms with Gasteiger partial charge in [0.1, 0.15) is 4.88 Å². The largest absolute Gasteiger partial charge is 0.462 e. The summed E-state index contributed by atoms with van der Waals surface area (Å²) < 4.78 is 11.1. The average molecular weight is 676 g/mol. The van der Waals surface area contributed by atoms with Gasteiger partial charge < -0.3 is 24.9 Å². The van der Waals surface area contributed by atoms with Crippen LogP contribution in [-0.2, 0) is 18.8 Å². The molecule has 9 nitrogen and oxygen atoms in total. The first-order valence-corrected chi connectivity index (χ1v) is 14.4. The van der Waals surface area contributed by atoms with Crippen molar-refractivity contribution in [1.29, 1.82) is 0 Å². The zero-order chi connectivity index (χ0) is 27.9. The minimum Gasteiger partial charge on any atom is -0.462 e. The van der Waals surface area contributed by atoms with E-state index in [0.29, 0.717) is 33.7 Å². The first-order chi connectivity index (χ1) is 17.5. The SMILES string of the molecule is CCN.CCNC(=O)c1cc2c(=O)n(C)cc(Br)c2s1.CCOC(=O)c1cc2c(=O)n(C)cc(Br)c2s1. The van der Waals surface area contributed by atoms with Crippen molar-refractivity contribution in [3.8, 4) is 0 Å². The number of hydrogen-bond acceptors (Lipinski definition) is 8. The molecule has 4 aromatic heterocycles. The van der Waals surface area contributed by atoms with Crippen molar-refractivity contribution in [2.24, 2.45) is 19.8 Å². The van der Waals surface area contributed by atoms with Crippen molar-refractivity contribution in [3.05, 3.63) is 63.9 Å². The standard InChI is InChI=1S/C11H11BrN2O2S.C11H10BrNO3S.C2H7N/c1-3-13-10(15)8-4-6-9(17-8)7(12)5-14(2)11(6)16;1-3-16-11(15)8-4-6-9(17-8)7(12)5-13(2)10(6)14;1-2-3/h4-5H,3H2,1-2H3,(H,13,15);4-5H,3H2,1-2H3;2-3H2,1H3. The maximum Gasteiger partial charge on any atom is 0.348 e. The molecule has 4 heterocycles. The minimum absolute atomic E-state index is 0.0880. The van der Waals surface area contributed by atoms with E-state index in [1.807, 2.05) is 13.8 Å². The number of carbonyl (C=O) groups is 2. The third-order valence-corrected chi connectivity index (χ3v) is 8.69. The molecule has 0 unspecified atom stereocenters. The quantitative estimate of drug-likeness (QED) is 0.304. The highest BCUT2D eigenvalue weighted by Crippen LogP contribution is 2.31. The highest BCUT2D eigenvalue weighted by atomic mass is 79.9. The van der Waals surface area contributed by atoms with E-state index in [1.54, 1.807) is 45.5 Å². The van der Waals surface area contributed by atoms with E-state index in [4.69, 9.17) is 10.5 Å². The van der Waals surface area contributed by atoms with Gasteiger partial charge in [-0.1, -0.05) is 6.92 Å². The highest BCUT2D eigenvalue weighted by molar-refractivity contribution is 9.11. The van der Waals surface area contributed by atoms with Gasteiger partial charge in [-0.3, -0.25) is 14.4 Å². The van der Waals surface area contributed by atoms with Gasteiger partial charge in [-0.05, 0) is 64.4 Å². The van der Waals surface area contributed by atoms with Crippen LogP contribution in [0.4, 0.5) is 0 Å². The molecule has 0 saturated carbocycles. The van der Waals surface area contributed by atoms with Crippen LogP contribution in [0, 0.1) is 0 Å². The Balaban J connectivity index is 0.000000235. The smallest absolute Gasteiger partial charge is 0.348 e. The molecule has 0 atom stereocenters. The van der Waals surface area contributed by atoms with E-state index in [9.17, 15) is 19.2 Å². The van der Waals surface area contributed by atoms with Gasteiger partial charge >= 0.3 is 5.97 Å². The molecule has 0 fully saturated rings. The van der Waals surface area contributed by atoms with Crippen molar-refractivity contribution in [2.75, 3.05) is 19.7 Å². The van der Waals surface area contributed by atoms with Gasteiger partial charge in [0.05, 0.1) is 40.6 Å². The Hall–Kier alpha value is -2.32. The van der Waals surface area contributed by atoms with Crippen LogP contribution in [0.2, 0.25) is 0 Å². The Morgan fingerprint density at radius 2 is 1.35 bits per heavy atom. The Bertz CT molecular complexity index is 1420. The molecule has 0 aliphatic carbocycles. The van der Waals surface area contributed by atoms with Crippen molar-refractivity contribution < 1.29 is 14.3 Å². The van der Waals surface area contributed by atoms with Crippen LogP contribution in [0.3, 0.4) is 0 Å². The second kappa shape index (κ2) is 14.0. The third kappa shape index (κ3) is 7.38. The summed E-state index contributed by atoms with van der Waals surface area (Å²) in [6, 6.07) is 3.24. The molecule has 0 spiro atoms. The number of aryl methyl sites for hydroxylation is 2. The normalized spacial score (nSPS) is 10.4. The number of amides is 1. The number of esters is 1. The Kier molecular flexibility index (Phi) is 11.7. The molecule has 0 radical (unpaired) electrons. The summed E-state index contributed by atoms with van der Waals surface area (Å²) in [6.07, 6.45) is 3.40. The minimum atomic E-state index is -0.386. The first-order valence-electron chi connectivity index (χ1n) is 11.2. The van der Waals surface area contributed by atoms with Crippen LogP contribution in [0.25, 0.3) is 20.2 Å². The van der Waals surface area contributed by atoms with Gasteiger partial charge in [-0.2, -0.15) is 0 Å². The number of nitrogens with two attached hydrogens (primary N) is 1. The van der Waals surface area contributed by atoms with E-state index < -0.39 is 0 Å². The monoisotopic (exact) mass is 674 g/mol. The number of rotatable bonds is 4. The summed E-state index contributed by atoms with van der Waals surface area (Å²) in [4.78, 5) is 48.1. The summed E-state index contributed by atoms with van der Waals surface area (Å²) in [5.74, 6) is -0.523. The summed E-state index contributed by atoms with van der Waals surface area (Å²) in [6.45, 7) is 7.17. The maximum absolute atomic E-state index is 11.9. The van der Waals surface area contributed by atoms with Crippen LogP contribution in [-0.4, -0.2) is 40.7 Å². The lowest BCUT2D eigenvalue weighted by molar-refractivity contribution is 0.0532. The summed E-state index contributed by atoms with van der Waals surface area (Å²) >= 11 is 9.37. The lowest BCUT2D eigenvalue weighted by Gasteiger charge is -1.98. The van der Waals surface area contributed by atoms with Gasteiger partial charge in [0, 0.05) is 33.0 Å². The Morgan fingerprint density at radius 1 is 0.919 bits per heavy atom. The Labute approximate surface area is 238 Å². The number of thiophene rings is 2. The fourth-order valence-electron chi connectivity index (χ4n) is 3.07. The molecule has 3 N–H and O–H groups in total. The third-order valence-electron chi connectivity index (χ3n) is 4.65. The number of carbonyl (C=O) groups excluding carboxylic acids is 2. The van der Waals surface area contributed by atoms with Gasteiger partial charge in [-0.15, -0.1) is 22.7 Å². The summed E-state index contributed by atoms with van der Waals surface area (Å²) in [5.41, 5.74) is 4.64. The zero-order valence-corrected chi connectivity index (χ0v) is 25.8. The molecule has 0 aliphatic rings. The van der Waals surface area contributed by atoms with Crippen LogP contribution < -0.4 is 22.2 Å². The van der Waals surface area contributed by atoms with E-state index >= 15 is 0 Å². The Morgan fingerprint density at radius 3 is 1.78 bits per heavy atom. The maximum atomic E-state index is 11.9. The number of nitrogens with zero attached hydrogens (tertiary/aromatic N) is 2. The average Bonchev–Trinajstić information content (AvgIpc) is 3.49. The molecular formula is C24H28Br2N4O5S2. The molecule has 0 saturated heterocycles. The molecule has 200 valence electrons. The predicted octanol–water partition coefficient (Wildman–Crippen LogP) is 4.62. The summed E-state index contributed by atoms with van der Waals surface area (Å²) in [7, 11) is 3.37. The molecule has 37 heavy (non-hydrogen) atoms. The number of pyridine rings is 2. The first kappa shape index (κ1) is 30.9. The van der Waals surface area contributed by atoms with E-state index in [2.05, 4.69) is 37.2 Å². The van der Waals surface area contributed by atoms with E-state index in [0.717, 1.165) is 24.9 Å². The van der Waals surface area contributed by atoms with Crippen molar-refractivity contribution in [2.45, 2.75) is 20.8 Å². The lowest BCUT2D eigenvalue weighted by Crippen LogP contribution is -2.21. The fraction of sp³-hybridized carbons (Fsp3) is 0.333. The molecule has 13 heteroatoms. The lowest BCUT2D eigenvalue weighted by atomic mass is 10.3.